The minimum atomic E-state index is -0.495. The van der Waals surface area contributed by atoms with E-state index in [9.17, 15) is 14.7 Å². The van der Waals surface area contributed by atoms with Crippen molar-refractivity contribution in [1.29, 1.82) is 0 Å². The number of esters is 1. The second-order valence-corrected chi connectivity index (χ2v) is 5.55. The summed E-state index contributed by atoms with van der Waals surface area (Å²) < 4.78 is 6.91. The van der Waals surface area contributed by atoms with Crippen LogP contribution in [0, 0.1) is 12.3 Å². The van der Waals surface area contributed by atoms with Crippen LogP contribution in [0.4, 0.5) is 0 Å². The summed E-state index contributed by atoms with van der Waals surface area (Å²) in [4.78, 5) is 22.7. The maximum Gasteiger partial charge on any atom is 0.311 e. The van der Waals surface area contributed by atoms with E-state index in [1.807, 2.05) is 0 Å². The van der Waals surface area contributed by atoms with Gasteiger partial charge in [0.2, 0.25) is 5.43 Å². The number of hydrogen-bond donors (Lipinski definition) is 1. The van der Waals surface area contributed by atoms with Crippen molar-refractivity contribution in [3.05, 3.63) is 28.2 Å². The molecule has 0 aliphatic heterocycles. The molecule has 0 amide bonds. The van der Waals surface area contributed by atoms with E-state index in [4.69, 9.17) is 4.74 Å². The fraction of sp³-hybridized carbons (Fsp3) is 0.571. The number of carbonyl (C=O) groups excluding carboxylic acids is 1. The molecule has 1 N–H and O–H groups in total. The van der Waals surface area contributed by atoms with E-state index in [0.29, 0.717) is 25.3 Å². The van der Waals surface area contributed by atoms with Gasteiger partial charge in [-0.3, -0.25) is 9.59 Å². The Kier molecular flexibility index (Phi) is 4.75. The van der Waals surface area contributed by atoms with Gasteiger partial charge in [-0.05, 0) is 34.1 Å². The lowest BCUT2D eigenvalue weighted by molar-refractivity contribution is -0.153. The molecule has 0 saturated carbocycles. The summed E-state index contributed by atoms with van der Waals surface area (Å²) >= 11 is 0. The van der Waals surface area contributed by atoms with Crippen molar-refractivity contribution in [3.8, 4) is 5.75 Å². The molecule has 0 radical (unpaired) electrons. The number of nitrogens with zero attached hydrogens (tertiary/aromatic N) is 1. The van der Waals surface area contributed by atoms with E-state index in [1.165, 1.54) is 6.07 Å². The number of aromatic nitrogens is 1. The van der Waals surface area contributed by atoms with Gasteiger partial charge in [-0.15, -0.1) is 0 Å². The molecule has 0 spiro atoms. The highest BCUT2D eigenvalue weighted by Gasteiger charge is 2.22. The second-order valence-electron chi connectivity index (χ2n) is 5.55. The number of ether oxygens (including phenoxy) is 1. The van der Waals surface area contributed by atoms with E-state index in [1.54, 1.807) is 38.5 Å². The summed E-state index contributed by atoms with van der Waals surface area (Å²) in [5.41, 5.74) is -0.353. The van der Waals surface area contributed by atoms with Gasteiger partial charge in [-0.1, -0.05) is 0 Å². The number of pyridine rings is 1. The van der Waals surface area contributed by atoms with Gasteiger partial charge in [-0.25, -0.2) is 0 Å². The van der Waals surface area contributed by atoms with Crippen LogP contribution in [-0.2, 0) is 16.1 Å². The molecule has 106 valence electrons. The van der Waals surface area contributed by atoms with Crippen LogP contribution in [0.3, 0.4) is 0 Å². The van der Waals surface area contributed by atoms with Gasteiger partial charge in [-0.2, -0.15) is 0 Å². The van der Waals surface area contributed by atoms with E-state index in [0.717, 1.165) is 0 Å². The third kappa shape index (κ3) is 4.12. The lowest BCUT2D eigenvalue weighted by Crippen LogP contribution is -2.23. The van der Waals surface area contributed by atoms with Gasteiger partial charge in [0.25, 0.3) is 0 Å². The van der Waals surface area contributed by atoms with Crippen LogP contribution in [0.25, 0.3) is 0 Å². The van der Waals surface area contributed by atoms with Crippen LogP contribution in [0.2, 0.25) is 0 Å². The average Bonchev–Trinajstić information content (AvgIpc) is 2.32. The predicted octanol–water partition coefficient (Wildman–Crippen LogP) is 1.84. The summed E-state index contributed by atoms with van der Waals surface area (Å²) in [5.74, 6) is -0.457. The van der Waals surface area contributed by atoms with Crippen molar-refractivity contribution in [2.24, 2.45) is 5.41 Å². The Balaban J connectivity index is 2.49. The summed E-state index contributed by atoms with van der Waals surface area (Å²) in [6.45, 7) is 8.00. The van der Waals surface area contributed by atoms with Crippen molar-refractivity contribution in [2.75, 3.05) is 6.61 Å². The Morgan fingerprint density at radius 1 is 1.42 bits per heavy atom. The zero-order valence-corrected chi connectivity index (χ0v) is 11.9. The first-order valence-electron chi connectivity index (χ1n) is 6.29. The molecule has 1 aromatic rings. The van der Waals surface area contributed by atoms with E-state index in [-0.39, 0.29) is 17.1 Å². The van der Waals surface area contributed by atoms with Gasteiger partial charge in [0.15, 0.2) is 5.75 Å². The molecule has 0 unspecified atom stereocenters. The molecule has 1 rings (SSSR count). The standard InChI is InChI=1S/C14H21NO4/c1-10-12(17)11(16)6-8-15(10)7-5-9-19-13(18)14(2,3)4/h6,8,17H,5,7,9H2,1-4H3. The molecule has 5 heteroatoms. The molecule has 0 bridgehead atoms. The van der Waals surface area contributed by atoms with E-state index >= 15 is 0 Å². The lowest BCUT2D eigenvalue weighted by atomic mass is 9.97. The average molecular weight is 267 g/mol. The Morgan fingerprint density at radius 2 is 2.05 bits per heavy atom. The third-order valence-corrected chi connectivity index (χ3v) is 2.80. The van der Waals surface area contributed by atoms with Crippen molar-refractivity contribution in [3.63, 3.8) is 0 Å². The van der Waals surface area contributed by atoms with Crippen LogP contribution in [0.1, 0.15) is 32.9 Å². The fourth-order valence-electron chi connectivity index (χ4n) is 1.52. The van der Waals surface area contributed by atoms with Crippen molar-refractivity contribution >= 4 is 5.97 Å². The SMILES string of the molecule is Cc1c(O)c(=O)ccn1CCCOC(=O)C(C)(C)C. The molecule has 19 heavy (non-hydrogen) atoms. The highest BCUT2D eigenvalue weighted by Crippen LogP contribution is 2.15. The predicted molar refractivity (Wildman–Crippen MR) is 72.1 cm³/mol. The summed E-state index contributed by atoms with van der Waals surface area (Å²) in [6.07, 6.45) is 2.26. The van der Waals surface area contributed by atoms with Gasteiger partial charge in [0, 0.05) is 18.8 Å². The van der Waals surface area contributed by atoms with Gasteiger partial charge in [0.1, 0.15) is 0 Å². The van der Waals surface area contributed by atoms with Crippen LogP contribution in [-0.4, -0.2) is 22.2 Å². The van der Waals surface area contributed by atoms with Gasteiger partial charge in [0.05, 0.1) is 17.7 Å². The Labute approximate surface area is 112 Å². The topological polar surface area (TPSA) is 68.5 Å². The first kappa shape index (κ1) is 15.3. The molecule has 0 fully saturated rings. The Bertz CT molecular complexity index is 511. The van der Waals surface area contributed by atoms with Crippen LogP contribution >= 0.6 is 0 Å². The second kappa shape index (κ2) is 5.91. The first-order valence-corrected chi connectivity index (χ1v) is 6.29. The Morgan fingerprint density at radius 3 is 2.63 bits per heavy atom. The van der Waals surface area contributed by atoms with Crippen LogP contribution in [0.5, 0.6) is 5.75 Å². The summed E-state index contributed by atoms with van der Waals surface area (Å²) in [5, 5.41) is 9.52. The normalized spacial score (nSPS) is 11.4. The molecular formula is C14H21NO4. The maximum absolute atomic E-state index is 11.5. The largest absolute Gasteiger partial charge is 0.503 e. The smallest absolute Gasteiger partial charge is 0.311 e. The highest BCUT2D eigenvalue weighted by atomic mass is 16.5. The molecule has 1 aromatic heterocycles. The lowest BCUT2D eigenvalue weighted by Gasteiger charge is -2.17. The number of carbonyl (C=O) groups is 1. The van der Waals surface area contributed by atoms with Crippen molar-refractivity contribution in [2.45, 2.75) is 40.7 Å². The minimum Gasteiger partial charge on any atom is -0.503 e. The van der Waals surface area contributed by atoms with Crippen molar-refractivity contribution in [1.82, 2.24) is 4.57 Å². The minimum absolute atomic E-state index is 0.228. The maximum atomic E-state index is 11.5. The zero-order valence-electron chi connectivity index (χ0n) is 11.9. The molecule has 1 heterocycles. The number of rotatable bonds is 4. The summed E-state index contributed by atoms with van der Waals surface area (Å²) in [6, 6.07) is 1.32. The van der Waals surface area contributed by atoms with Crippen molar-refractivity contribution < 1.29 is 14.6 Å². The number of aromatic hydroxyl groups is 1. The fourth-order valence-corrected chi connectivity index (χ4v) is 1.52. The highest BCUT2D eigenvalue weighted by molar-refractivity contribution is 5.75. The Hall–Kier alpha value is -1.78. The van der Waals surface area contributed by atoms with Gasteiger partial charge < -0.3 is 14.4 Å². The van der Waals surface area contributed by atoms with Gasteiger partial charge >= 0.3 is 5.97 Å². The summed E-state index contributed by atoms with van der Waals surface area (Å²) in [7, 11) is 0. The van der Waals surface area contributed by atoms with Crippen LogP contribution in [0.15, 0.2) is 17.1 Å². The molecule has 0 atom stereocenters. The molecule has 0 aliphatic carbocycles. The van der Waals surface area contributed by atoms with E-state index in [2.05, 4.69) is 0 Å². The zero-order chi connectivity index (χ0) is 14.6. The molecule has 0 aromatic carbocycles. The number of hydrogen-bond acceptors (Lipinski definition) is 4. The molecular weight excluding hydrogens is 246 g/mol. The molecule has 0 aliphatic rings. The molecule has 0 saturated heterocycles. The molecule has 5 nitrogen and oxygen atoms in total. The first-order chi connectivity index (χ1) is 8.73. The van der Waals surface area contributed by atoms with Crippen LogP contribution < -0.4 is 5.43 Å². The number of aryl methyl sites for hydroxylation is 1. The van der Waals surface area contributed by atoms with E-state index < -0.39 is 5.41 Å². The quantitative estimate of drug-likeness (QED) is 0.667. The monoisotopic (exact) mass is 267 g/mol. The third-order valence-electron chi connectivity index (χ3n) is 2.80.